The normalized spacial score (nSPS) is 13.1. The number of aryl methyl sites for hydroxylation is 2. The van der Waals surface area contributed by atoms with Crippen LogP contribution in [0.15, 0.2) is 42.5 Å². The summed E-state index contributed by atoms with van der Waals surface area (Å²) in [5.74, 6) is -1.36. The van der Waals surface area contributed by atoms with Crippen molar-refractivity contribution < 1.29 is 14.7 Å². The zero-order chi connectivity index (χ0) is 26.8. The lowest BCUT2D eigenvalue weighted by Crippen LogP contribution is -2.55. The van der Waals surface area contributed by atoms with Crippen molar-refractivity contribution in [3.8, 4) is 5.75 Å². The van der Waals surface area contributed by atoms with Crippen LogP contribution in [0.2, 0.25) is 0 Å². The van der Waals surface area contributed by atoms with E-state index in [2.05, 4.69) is 21.3 Å². The molecule has 36 heavy (non-hydrogen) atoms. The summed E-state index contributed by atoms with van der Waals surface area (Å²) >= 11 is 0. The highest BCUT2D eigenvalue weighted by Crippen LogP contribution is 2.22. The molecule has 0 aliphatic carbocycles. The molecular formula is C25H36N8O3. The first kappa shape index (κ1) is 28.0. The number of hydrogen-bond donors (Lipinski definition) is 9. The van der Waals surface area contributed by atoms with Crippen molar-refractivity contribution in [2.45, 2.75) is 51.7 Å². The van der Waals surface area contributed by atoms with Gasteiger partial charge >= 0.3 is 0 Å². The van der Waals surface area contributed by atoms with E-state index < -0.39 is 23.9 Å². The number of nitrogens with two attached hydrogens (primary N) is 2. The van der Waals surface area contributed by atoms with Crippen LogP contribution in [-0.4, -0.2) is 53.5 Å². The highest BCUT2D eigenvalue weighted by Gasteiger charge is 2.25. The van der Waals surface area contributed by atoms with Gasteiger partial charge in [-0.15, -0.1) is 0 Å². The van der Waals surface area contributed by atoms with Crippen LogP contribution < -0.4 is 32.7 Å². The first-order valence-electron chi connectivity index (χ1n) is 11.6. The second-order valence-corrected chi connectivity index (χ2v) is 8.79. The van der Waals surface area contributed by atoms with E-state index in [1.165, 1.54) is 0 Å². The summed E-state index contributed by atoms with van der Waals surface area (Å²) in [5.41, 5.74) is 14.4. The van der Waals surface area contributed by atoms with Gasteiger partial charge in [0.05, 0.1) is 6.04 Å². The Labute approximate surface area is 211 Å². The Balaban J connectivity index is 2.02. The maximum Gasteiger partial charge on any atom is 0.243 e. The molecule has 0 unspecified atom stereocenters. The number of phenols is 1. The van der Waals surface area contributed by atoms with Gasteiger partial charge in [-0.1, -0.05) is 30.3 Å². The number of carbonyl (C=O) groups excluding carboxylic acids is 2. The number of phenolic OH excluding ortho intramolecular Hbond substituents is 1. The molecular weight excluding hydrogens is 460 g/mol. The van der Waals surface area contributed by atoms with Crippen molar-refractivity contribution >= 4 is 23.7 Å². The SMILES string of the molecule is Cc1cc(O)cc(C)c1C[C@H](NC(=N)N)C(=O)N[C@H](C)C(=O)NC[C@H](Cc1ccccc1)NC(=N)N. The molecule has 11 N–H and O–H groups in total. The standard InChI is InChI=1S/C25H36N8O3/c1-14-9-19(34)10-15(2)20(14)12-21(33-25(28)29)23(36)31-16(3)22(35)30-13-18(32-24(26)27)11-17-7-5-4-6-8-17/h4-10,16,18,21,34H,11-13H2,1-3H3,(H,30,35)(H,31,36)(H4,26,27,32)(H4,28,29,33)/t16-,18+,21+/m1/s1. The van der Waals surface area contributed by atoms with Crippen LogP contribution >= 0.6 is 0 Å². The molecule has 0 radical (unpaired) electrons. The third kappa shape index (κ3) is 8.82. The minimum atomic E-state index is -0.898. The number of hydrogen-bond acceptors (Lipinski definition) is 5. The Morgan fingerprint density at radius 2 is 1.50 bits per heavy atom. The van der Waals surface area contributed by atoms with Gasteiger partial charge in [-0.05, 0) is 61.6 Å². The predicted octanol–water partition coefficient (Wildman–Crippen LogP) is 0.118. The number of nitrogens with one attached hydrogen (secondary N) is 6. The molecule has 3 atom stereocenters. The van der Waals surface area contributed by atoms with Gasteiger partial charge in [0, 0.05) is 13.0 Å². The van der Waals surface area contributed by atoms with Crippen LogP contribution in [0.5, 0.6) is 5.75 Å². The zero-order valence-corrected chi connectivity index (χ0v) is 20.8. The Hall–Kier alpha value is -4.28. The van der Waals surface area contributed by atoms with Crippen LogP contribution in [0.4, 0.5) is 0 Å². The van der Waals surface area contributed by atoms with E-state index in [4.69, 9.17) is 22.3 Å². The summed E-state index contributed by atoms with van der Waals surface area (Å²) < 4.78 is 0. The second-order valence-electron chi connectivity index (χ2n) is 8.79. The molecule has 11 heteroatoms. The van der Waals surface area contributed by atoms with E-state index in [9.17, 15) is 14.7 Å². The summed E-state index contributed by atoms with van der Waals surface area (Å²) in [7, 11) is 0. The summed E-state index contributed by atoms with van der Waals surface area (Å²) in [6.45, 7) is 5.39. The minimum Gasteiger partial charge on any atom is -0.508 e. The molecule has 0 bridgehead atoms. The number of benzene rings is 2. The molecule has 194 valence electrons. The maximum absolute atomic E-state index is 13.0. The molecule has 0 fully saturated rings. The first-order chi connectivity index (χ1) is 17.0. The van der Waals surface area contributed by atoms with Crippen LogP contribution in [0.25, 0.3) is 0 Å². The van der Waals surface area contributed by atoms with E-state index in [1.807, 2.05) is 44.2 Å². The molecule has 2 aromatic carbocycles. The lowest BCUT2D eigenvalue weighted by molar-refractivity contribution is -0.129. The van der Waals surface area contributed by atoms with Gasteiger partial charge in [-0.2, -0.15) is 0 Å². The molecule has 2 aromatic rings. The molecule has 2 rings (SSSR count). The predicted molar refractivity (Wildman–Crippen MR) is 140 cm³/mol. The Kier molecular flexibility index (Phi) is 10.1. The second kappa shape index (κ2) is 13.0. The summed E-state index contributed by atoms with van der Waals surface area (Å²) in [5, 5.41) is 35.9. The van der Waals surface area contributed by atoms with Crippen molar-refractivity contribution in [3.05, 3.63) is 64.7 Å². The number of guanidine groups is 2. The fraction of sp³-hybridized carbons (Fsp3) is 0.360. The summed E-state index contributed by atoms with van der Waals surface area (Å²) in [6, 6.07) is 10.7. The van der Waals surface area contributed by atoms with Gasteiger partial charge in [-0.3, -0.25) is 20.4 Å². The third-order valence-electron chi connectivity index (χ3n) is 5.69. The highest BCUT2D eigenvalue weighted by molar-refractivity contribution is 5.92. The molecule has 0 saturated heterocycles. The van der Waals surface area contributed by atoms with Gasteiger partial charge in [0.25, 0.3) is 0 Å². The Morgan fingerprint density at radius 3 is 2.06 bits per heavy atom. The van der Waals surface area contributed by atoms with E-state index in [1.54, 1.807) is 19.1 Å². The third-order valence-corrected chi connectivity index (χ3v) is 5.69. The van der Waals surface area contributed by atoms with Crippen LogP contribution in [0.1, 0.15) is 29.2 Å². The lowest BCUT2D eigenvalue weighted by atomic mass is 9.95. The van der Waals surface area contributed by atoms with Crippen molar-refractivity contribution in [3.63, 3.8) is 0 Å². The van der Waals surface area contributed by atoms with Crippen molar-refractivity contribution in [1.82, 2.24) is 21.3 Å². The van der Waals surface area contributed by atoms with E-state index >= 15 is 0 Å². The molecule has 0 spiro atoms. The molecule has 0 aromatic heterocycles. The average Bonchev–Trinajstić information content (AvgIpc) is 2.78. The smallest absolute Gasteiger partial charge is 0.243 e. The zero-order valence-electron chi connectivity index (χ0n) is 20.8. The Morgan fingerprint density at radius 1 is 0.917 bits per heavy atom. The van der Waals surface area contributed by atoms with Crippen LogP contribution in [-0.2, 0) is 22.4 Å². The van der Waals surface area contributed by atoms with Gasteiger partial charge in [0.1, 0.15) is 17.8 Å². The van der Waals surface area contributed by atoms with Gasteiger partial charge in [0.15, 0.2) is 11.9 Å². The van der Waals surface area contributed by atoms with Crippen molar-refractivity contribution in [2.75, 3.05) is 6.54 Å². The maximum atomic E-state index is 13.0. The molecule has 2 amide bonds. The molecule has 11 nitrogen and oxygen atoms in total. The summed E-state index contributed by atoms with van der Waals surface area (Å²) in [6.07, 6.45) is 0.747. The summed E-state index contributed by atoms with van der Waals surface area (Å²) in [4.78, 5) is 25.7. The molecule has 0 aliphatic heterocycles. The van der Waals surface area contributed by atoms with Gasteiger partial charge in [-0.25, -0.2) is 0 Å². The number of rotatable bonds is 11. The van der Waals surface area contributed by atoms with Crippen LogP contribution in [0, 0.1) is 24.7 Å². The molecule has 0 heterocycles. The van der Waals surface area contributed by atoms with Crippen LogP contribution in [0.3, 0.4) is 0 Å². The van der Waals surface area contributed by atoms with Gasteiger partial charge in [0.2, 0.25) is 11.8 Å². The minimum absolute atomic E-state index is 0.129. The number of carbonyl (C=O) groups is 2. The van der Waals surface area contributed by atoms with Crippen molar-refractivity contribution in [1.29, 1.82) is 10.8 Å². The first-order valence-corrected chi connectivity index (χ1v) is 11.6. The number of aromatic hydroxyl groups is 1. The monoisotopic (exact) mass is 496 g/mol. The van der Waals surface area contributed by atoms with E-state index in [-0.39, 0.29) is 36.7 Å². The fourth-order valence-electron chi connectivity index (χ4n) is 3.94. The largest absolute Gasteiger partial charge is 0.508 e. The van der Waals surface area contributed by atoms with Crippen molar-refractivity contribution in [2.24, 2.45) is 11.5 Å². The number of amides is 2. The van der Waals surface area contributed by atoms with E-state index in [0.717, 1.165) is 22.3 Å². The lowest BCUT2D eigenvalue weighted by Gasteiger charge is -2.24. The Bertz CT molecular complexity index is 1070. The highest BCUT2D eigenvalue weighted by atomic mass is 16.3. The fourth-order valence-corrected chi connectivity index (χ4v) is 3.94. The average molecular weight is 497 g/mol. The van der Waals surface area contributed by atoms with E-state index in [0.29, 0.717) is 6.42 Å². The topological polar surface area (TPSA) is 202 Å². The quantitative estimate of drug-likeness (QED) is 0.155. The molecule has 0 saturated carbocycles. The molecule has 0 aliphatic rings. The van der Waals surface area contributed by atoms with Gasteiger partial charge < -0.3 is 37.8 Å².